The standard InChI is InChI=1S/C27H25FN2O3/c1-2-4-21(15-27(31)32)20-9-13-24(14-10-20)33-18-22-5-3-6-26-25(22)17-30(29-26)16-19-7-11-23(28)12-8-19/h2-14,17,21H,15-16,18H2,1H3,(H,31,32)/t21-/m1/s1. The minimum Gasteiger partial charge on any atom is -0.489 e. The van der Waals surface area contributed by atoms with Crippen molar-refractivity contribution >= 4 is 16.9 Å². The molecule has 4 aromatic rings. The maximum atomic E-state index is 13.2. The Balaban J connectivity index is 1.46. The first-order valence-electron chi connectivity index (χ1n) is 10.8. The van der Waals surface area contributed by atoms with Gasteiger partial charge in [0.2, 0.25) is 0 Å². The van der Waals surface area contributed by atoms with Gasteiger partial charge in [0.1, 0.15) is 18.2 Å². The van der Waals surface area contributed by atoms with Crippen LogP contribution in [0.5, 0.6) is 5.75 Å². The number of hydrogen-bond donors (Lipinski definition) is 1. The van der Waals surface area contributed by atoms with Gasteiger partial charge in [-0.1, -0.05) is 48.6 Å². The Bertz CT molecular complexity index is 1260. The lowest BCUT2D eigenvalue weighted by Crippen LogP contribution is -2.04. The number of carbonyl (C=O) groups is 1. The van der Waals surface area contributed by atoms with Crippen LogP contribution in [0, 0.1) is 5.82 Å². The SMILES string of the molecule is CC=C[C@H](CC(=O)O)c1ccc(OCc2cccc3nn(Cc4ccc(F)cc4)cc23)cc1. The largest absolute Gasteiger partial charge is 0.489 e. The average Bonchev–Trinajstić information content (AvgIpc) is 3.22. The number of rotatable bonds is 9. The van der Waals surface area contributed by atoms with Crippen LogP contribution in [0.25, 0.3) is 10.9 Å². The van der Waals surface area contributed by atoms with Crippen molar-refractivity contribution in [3.8, 4) is 5.75 Å². The minimum atomic E-state index is -0.827. The molecule has 0 aliphatic rings. The highest BCUT2D eigenvalue weighted by molar-refractivity contribution is 5.81. The Hall–Kier alpha value is -3.93. The van der Waals surface area contributed by atoms with Crippen LogP contribution in [-0.4, -0.2) is 20.9 Å². The molecule has 0 fully saturated rings. The normalized spacial score (nSPS) is 12.3. The lowest BCUT2D eigenvalue weighted by Gasteiger charge is -2.12. The number of ether oxygens (including phenoxy) is 1. The summed E-state index contributed by atoms with van der Waals surface area (Å²) >= 11 is 0. The van der Waals surface area contributed by atoms with Crippen LogP contribution in [0.4, 0.5) is 4.39 Å². The second-order valence-corrected chi connectivity index (χ2v) is 7.89. The Labute approximate surface area is 191 Å². The molecular weight excluding hydrogens is 419 g/mol. The Morgan fingerprint density at radius 3 is 2.58 bits per heavy atom. The molecule has 168 valence electrons. The molecule has 0 amide bonds. The predicted molar refractivity (Wildman–Crippen MR) is 126 cm³/mol. The van der Waals surface area contributed by atoms with Gasteiger partial charge in [-0.25, -0.2) is 4.39 Å². The highest BCUT2D eigenvalue weighted by atomic mass is 19.1. The smallest absolute Gasteiger partial charge is 0.304 e. The van der Waals surface area contributed by atoms with Crippen LogP contribution in [0.2, 0.25) is 0 Å². The molecule has 0 unspecified atom stereocenters. The van der Waals surface area contributed by atoms with Crippen LogP contribution >= 0.6 is 0 Å². The van der Waals surface area contributed by atoms with Crippen molar-refractivity contribution < 1.29 is 19.0 Å². The van der Waals surface area contributed by atoms with E-state index in [0.29, 0.717) is 18.9 Å². The van der Waals surface area contributed by atoms with Gasteiger partial charge in [0.25, 0.3) is 0 Å². The van der Waals surface area contributed by atoms with Gasteiger partial charge < -0.3 is 9.84 Å². The van der Waals surface area contributed by atoms with E-state index in [1.807, 2.05) is 72.4 Å². The van der Waals surface area contributed by atoms with E-state index < -0.39 is 5.97 Å². The molecule has 0 aliphatic carbocycles. The van der Waals surface area contributed by atoms with Crippen molar-refractivity contribution in [3.05, 3.63) is 108 Å². The summed E-state index contributed by atoms with van der Waals surface area (Å²) in [7, 11) is 0. The van der Waals surface area contributed by atoms with Crippen LogP contribution in [-0.2, 0) is 17.9 Å². The van der Waals surface area contributed by atoms with Crippen LogP contribution in [0.15, 0.2) is 85.1 Å². The van der Waals surface area contributed by atoms with E-state index in [1.165, 1.54) is 12.1 Å². The summed E-state index contributed by atoms with van der Waals surface area (Å²) in [5, 5.41) is 14.8. The van der Waals surface area contributed by atoms with Crippen LogP contribution in [0.1, 0.15) is 36.0 Å². The first-order chi connectivity index (χ1) is 16.0. The molecule has 1 atom stereocenters. The second-order valence-electron chi connectivity index (χ2n) is 7.89. The van der Waals surface area contributed by atoms with Crippen LogP contribution < -0.4 is 4.74 Å². The summed E-state index contributed by atoms with van der Waals surface area (Å²) in [5.41, 5.74) is 3.80. The minimum absolute atomic E-state index is 0.0501. The Morgan fingerprint density at radius 2 is 1.88 bits per heavy atom. The Morgan fingerprint density at radius 1 is 1.12 bits per heavy atom. The highest BCUT2D eigenvalue weighted by Crippen LogP contribution is 2.25. The van der Waals surface area contributed by atoms with Gasteiger partial charge in [0, 0.05) is 23.1 Å². The van der Waals surface area contributed by atoms with Gasteiger partial charge in [-0.3, -0.25) is 9.48 Å². The van der Waals surface area contributed by atoms with E-state index in [0.717, 1.165) is 27.6 Å². The zero-order chi connectivity index (χ0) is 23.2. The zero-order valence-electron chi connectivity index (χ0n) is 18.3. The second kappa shape index (κ2) is 10.1. The maximum absolute atomic E-state index is 13.2. The summed E-state index contributed by atoms with van der Waals surface area (Å²) in [6, 6.07) is 19.9. The van der Waals surface area contributed by atoms with E-state index >= 15 is 0 Å². The molecule has 1 N–H and O–H groups in total. The lowest BCUT2D eigenvalue weighted by molar-refractivity contribution is -0.137. The molecule has 0 saturated heterocycles. The average molecular weight is 445 g/mol. The monoisotopic (exact) mass is 444 g/mol. The van der Waals surface area contributed by atoms with Crippen molar-refractivity contribution in [2.45, 2.75) is 32.4 Å². The molecule has 33 heavy (non-hydrogen) atoms. The van der Waals surface area contributed by atoms with Gasteiger partial charge in [0.15, 0.2) is 0 Å². The number of aromatic nitrogens is 2. The third-order valence-corrected chi connectivity index (χ3v) is 5.47. The molecule has 4 rings (SSSR count). The summed E-state index contributed by atoms with van der Waals surface area (Å²) < 4.78 is 21.0. The molecule has 6 heteroatoms. The van der Waals surface area contributed by atoms with E-state index in [-0.39, 0.29) is 18.2 Å². The highest BCUT2D eigenvalue weighted by Gasteiger charge is 2.13. The molecular formula is C27H25FN2O3. The zero-order valence-corrected chi connectivity index (χ0v) is 18.3. The third kappa shape index (κ3) is 5.66. The molecule has 1 heterocycles. The van der Waals surface area contributed by atoms with E-state index in [1.54, 1.807) is 12.1 Å². The van der Waals surface area contributed by atoms with Crippen molar-refractivity contribution in [2.75, 3.05) is 0 Å². The van der Waals surface area contributed by atoms with E-state index in [4.69, 9.17) is 9.84 Å². The van der Waals surface area contributed by atoms with Gasteiger partial charge in [-0.2, -0.15) is 5.10 Å². The third-order valence-electron chi connectivity index (χ3n) is 5.47. The lowest BCUT2D eigenvalue weighted by atomic mass is 9.95. The van der Waals surface area contributed by atoms with E-state index in [2.05, 4.69) is 5.10 Å². The molecule has 0 saturated carbocycles. The van der Waals surface area contributed by atoms with Gasteiger partial charge in [0.05, 0.1) is 18.5 Å². The molecule has 1 aromatic heterocycles. The van der Waals surface area contributed by atoms with E-state index in [9.17, 15) is 9.18 Å². The number of fused-ring (bicyclic) bond motifs is 1. The summed E-state index contributed by atoms with van der Waals surface area (Å²) in [6.07, 6.45) is 5.80. The fraction of sp³-hybridized carbons (Fsp3) is 0.185. The maximum Gasteiger partial charge on any atom is 0.304 e. The first kappa shape index (κ1) is 22.3. The fourth-order valence-corrected chi connectivity index (χ4v) is 3.83. The number of carboxylic acids is 1. The number of nitrogens with zero attached hydrogens (tertiary/aromatic N) is 2. The topological polar surface area (TPSA) is 64.3 Å². The number of hydrogen-bond acceptors (Lipinski definition) is 3. The number of allylic oxidation sites excluding steroid dienone is 2. The summed E-state index contributed by atoms with van der Waals surface area (Å²) in [5.74, 6) is -0.533. The molecule has 5 nitrogen and oxygen atoms in total. The molecule has 0 aliphatic heterocycles. The number of carboxylic acid groups (broad SMARTS) is 1. The fourth-order valence-electron chi connectivity index (χ4n) is 3.83. The van der Waals surface area contributed by atoms with Crippen molar-refractivity contribution in [2.24, 2.45) is 0 Å². The van der Waals surface area contributed by atoms with Crippen LogP contribution in [0.3, 0.4) is 0 Å². The summed E-state index contributed by atoms with van der Waals surface area (Å²) in [6.45, 7) is 2.82. The number of benzene rings is 3. The number of aliphatic carboxylic acids is 1. The van der Waals surface area contributed by atoms with Crippen molar-refractivity contribution in [1.29, 1.82) is 0 Å². The van der Waals surface area contributed by atoms with Crippen molar-refractivity contribution in [3.63, 3.8) is 0 Å². The summed E-state index contributed by atoms with van der Waals surface area (Å²) in [4.78, 5) is 11.1. The number of halogens is 1. The molecule has 0 radical (unpaired) electrons. The first-order valence-corrected chi connectivity index (χ1v) is 10.8. The molecule has 3 aromatic carbocycles. The van der Waals surface area contributed by atoms with Gasteiger partial charge >= 0.3 is 5.97 Å². The quantitative estimate of drug-likeness (QED) is 0.325. The Kier molecular flexibility index (Phi) is 6.83. The molecule has 0 spiro atoms. The predicted octanol–water partition coefficient (Wildman–Crippen LogP) is 5.94. The van der Waals surface area contributed by atoms with Gasteiger partial charge in [-0.15, -0.1) is 0 Å². The van der Waals surface area contributed by atoms with Gasteiger partial charge in [-0.05, 0) is 48.4 Å². The van der Waals surface area contributed by atoms with Crippen molar-refractivity contribution in [1.82, 2.24) is 9.78 Å². The molecule has 0 bridgehead atoms.